The molecule has 0 aromatic heterocycles. The number of nitro groups is 1. The van der Waals surface area contributed by atoms with Gasteiger partial charge in [0, 0.05) is 32.0 Å². The van der Waals surface area contributed by atoms with Crippen LogP contribution in [0.4, 0.5) is 17.1 Å². The topological polar surface area (TPSA) is 81.6 Å². The zero-order valence-electron chi connectivity index (χ0n) is 9.63. The second-order valence-electron chi connectivity index (χ2n) is 4.09. The zero-order chi connectivity index (χ0) is 12.4. The quantitative estimate of drug-likeness (QED) is 0.488. The third-order valence-corrected chi connectivity index (χ3v) is 3.05. The van der Waals surface area contributed by atoms with Gasteiger partial charge in [0.2, 0.25) is 0 Å². The van der Waals surface area contributed by atoms with E-state index < -0.39 is 4.92 Å². The molecule has 6 heteroatoms. The molecule has 1 aliphatic heterocycles. The Hall–Kier alpha value is -1.82. The molecular formula is C11H15N3O3. The number of hydrogen-bond donors (Lipinski definition) is 1. The first kappa shape index (κ1) is 11.7. The summed E-state index contributed by atoms with van der Waals surface area (Å²) >= 11 is 0. The molecule has 0 aliphatic carbocycles. The second-order valence-corrected chi connectivity index (χ2v) is 4.09. The lowest BCUT2D eigenvalue weighted by atomic mass is 10.2. The van der Waals surface area contributed by atoms with Crippen molar-refractivity contribution < 1.29 is 9.66 Å². The van der Waals surface area contributed by atoms with Gasteiger partial charge in [-0.3, -0.25) is 10.1 Å². The lowest BCUT2D eigenvalue weighted by Crippen LogP contribution is -2.22. The van der Waals surface area contributed by atoms with Crippen LogP contribution in [0.1, 0.15) is 6.42 Å². The molecule has 1 atom stereocenters. The number of methoxy groups -OCH3 is 1. The SMILES string of the molecule is COC1CCN(c2ccc([N+](=O)[O-])c(N)c2)C1. The van der Waals surface area contributed by atoms with Gasteiger partial charge in [-0.25, -0.2) is 0 Å². The summed E-state index contributed by atoms with van der Waals surface area (Å²) in [5.41, 5.74) is 6.72. The van der Waals surface area contributed by atoms with Gasteiger partial charge < -0.3 is 15.4 Å². The van der Waals surface area contributed by atoms with Gasteiger partial charge in [-0.2, -0.15) is 0 Å². The van der Waals surface area contributed by atoms with E-state index in [4.69, 9.17) is 10.5 Å². The number of anilines is 2. The zero-order valence-corrected chi connectivity index (χ0v) is 9.63. The summed E-state index contributed by atoms with van der Waals surface area (Å²) in [7, 11) is 1.69. The minimum atomic E-state index is -0.471. The van der Waals surface area contributed by atoms with Crippen LogP contribution in [0.3, 0.4) is 0 Å². The van der Waals surface area contributed by atoms with E-state index in [1.807, 2.05) is 0 Å². The average Bonchev–Trinajstić information content (AvgIpc) is 2.76. The predicted molar refractivity (Wildman–Crippen MR) is 65.1 cm³/mol. The first-order valence-electron chi connectivity index (χ1n) is 5.43. The van der Waals surface area contributed by atoms with Crippen LogP contribution in [0, 0.1) is 10.1 Å². The van der Waals surface area contributed by atoms with Crippen molar-refractivity contribution in [1.82, 2.24) is 0 Å². The number of nitrogen functional groups attached to an aromatic ring is 1. The average molecular weight is 237 g/mol. The third kappa shape index (κ3) is 2.31. The first-order valence-corrected chi connectivity index (χ1v) is 5.43. The maximum absolute atomic E-state index is 10.6. The van der Waals surface area contributed by atoms with Gasteiger partial charge in [0.1, 0.15) is 5.69 Å². The fourth-order valence-corrected chi connectivity index (χ4v) is 2.06. The van der Waals surface area contributed by atoms with Crippen LogP contribution in [0.5, 0.6) is 0 Å². The maximum Gasteiger partial charge on any atom is 0.292 e. The fourth-order valence-electron chi connectivity index (χ4n) is 2.06. The molecule has 0 bridgehead atoms. The molecule has 1 fully saturated rings. The highest BCUT2D eigenvalue weighted by molar-refractivity contribution is 5.66. The second kappa shape index (κ2) is 4.58. The third-order valence-electron chi connectivity index (χ3n) is 3.05. The molecule has 6 nitrogen and oxygen atoms in total. The number of rotatable bonds is 3. The molecule has 1 unspecified atom stereocenters. The molecular weight excluding hydrogens is 222 g/mol. The van der Waals surface area contributed by atoms with Crippen molar-refractivity contribution >= 4 is 17.1 Å². The van der Waals surface area contributed by atoms with Gasteiger partial charge in [0.05, 0.1) is 11.0 Å². The van der Waals surface area contributed by atoms with Crippen molar-refractivity contribution in [3.63, 3.8) is 0 Å². The Morgan fingerprint density at radius 2 is 2.35 bits per heavy atom. The fraction of sp³-hybridized carbons (Fsp3) is 0.455. The van der Waals surface area contributed by atoms with E-state index in [0.29, 0.717) is 0 Å². The van der Waals surface area contributed by atoms with E-state index in [0.717, 1.165) is 25.2 Å². The Bertz CT molecular complexity index is 436. The molecule has 0 radical (unpaired) electrons. The van der Waals surface area contributed by atoms with Crippen LogP contribution >= 0.6 is 0 Å². The minimum absolute atomic E-state index is 0.0451. The van der Waals surface area contributed by atoms with Crippen molar-refractivity contribution in [2.24, 2.45) is 0 Å². The van der Waals surface area contributed by atoms with Crippen LogP contribution in [0.15, 0.2) is 18.2 Å². The molecule has 0 amide bonds. The molecule has 0 spiro atoms. The Balaban J connectivity index is 2.18. The van der Waals surface area contributed by atoms with Crippen LogP contribution in [0.25, 0.3) is 0 Å². The Morgan fingerprint density at radius 1 is 1.59 bits per heavy atom. The molecule has 0 saturated carbocycles. The van der Waals surface area contributed by atoms with Crippen molar-refractivity contribution in [2.75, 3.05) is 30.8 Å². The molecule has 1 aromatic carbocycles. The van der Waals surface area contributed by atoms with Crippen LogP contribution < -0.4 is 10.6 Å². The molecule has 2 rings (SSSR count). The van der Waals surface area contributed by atoms with Gasteiger partial charge in [0.15, 0.2) is 0 Å². The molecule has 1 aliphatic rings. The van der Waals surface area contributed by atoms with E-state index in [1.54, 1.807) is 19.2 Å². The van der Waals surface area contributed by atoms with E-state index >= 15 is 0 Å². The standard InChI is InChI=1S/C11H15N3O3/c1-17-9-4-5-13(7-9)8-2-3-11(14(15)16)10(12)6-8/h2-3,6,9H,4-5,7,12H2,1H3. The van der Waals surface area contributed by atoms with Crippen LogP contribution in [0.2, 0.25) is 0 Å². The van der Waals surface area contributed by atoms with Gasteiger partial charge in [-0.1, -0.05) is 0 Å². The van der Waals surface area contributed by atoms with Gasteiger partial charge in [0.25, 0.3) is 5.69 Å². The highest BCUT2D eigenvalue weighted by Crippen LogP contribution is 2.29. The summed E-state index contributed by atoms with van der Waals surface area (Å²) in [6.07, 6.45) is 1.19. The lowest BCUT2D eigenvalue weighted by Gasteiger charge is -2.18. The van der Waals surface area contributed by atoms with Crippen LogP contribution in [-0.4, -0.2) is 31.2 Å². The Labute approximate surface area is 99.1 Å². The minimum Gasteiger partial charge on any atom is -0.393 e. The normalized spacial score (nSPS) is 19.6. The molecule has 1 heterocycles. The summed E-state index contributed by atoms with van der Waals surface area (Å²) in [5, 5.41) is 10.6. The van der Waals surface area contributed by atoms with Gasteiger partial charge in [-0.15, -0.1) is 0 Å². The Kier molecular flexibility index (Phi) is 3.14. The van der Waals surface area contributed by atoms with E-state index in [1.165, 1.54) is 6.07 Å². The molecule has 1 saturated heterocycles. The monoisotopic (exact) mass is 237 g/mol. The lowest BCUT2D eigenvalue weighted by molar-refractivity contribution is -0.383. The largest absolute Gasteiger partial charge is 0.393 e. The highest BCUT2D eigenvalue weighted by atomic mass is 16.6. The number of nitrogens with zero attached hydrogens (tertiary/aromatic N) is 2. The van der Waals surface area contributed by atoms with Crippen molar-refractivity contribution in [2.45, 2.75) is 12.5 Å². The Morgan fingerprint density at radius 3 is 2.88 bits per heavy atom. The summed E-state index contributed by atoms with van der Waals surface area (Å²) in [4.78, 5) is 12.3. The maximum atomic E-state index is 10.6. The first-order chi connectivity index (χ1) is 8.11. The van der Waals surface area contributed by atoms with Gasteiger partial charge in [-0.05, 0) is 18.6 Å². The number of hydrogen-bond acceptors (Lipinski definition) is 5. The number of benzene rings is 1. The molecule has 2 N–H and O–H groups in total. The highest BCUT2D eigenvalue weighted by Gasteiger charge is 2.23. The van der Waals surface area contributed by atoms with Crippen molar-refractivity contribution in [1.29, 1.82) is 0 Å². The van der Waals surface area contributed by atoms with Crippen molar-refractivity contribution in [3.05, 3.63) is 28.3 Å². The van der Waals surface area contributed by atoms with E-state index in [9.17, 15) is 10.1 Å². The summed E-state index contributed by atoms with van der Waals surface area (Å²) < 4.78 is 5.27. The number of ether oxygens (including phenoxy) is 1. The summed E-state index contributed by atoms with van der Waals surface area (Å²) in [6, 6.07) is 4.83. The molecule has 1 aromatic rings. The molecule has 17 heavy (non-hydrogen) atoms. The van der Waals surface area contributed by atoms with Gasteiger partial charge >= 0.3 is 0 Å². The van der Waals surface area contributed by atoms with E-state index in [2.05, 4.69) is 4.90 Å². The van der Waals surface area contributed by atoms with Crippen molar-refractivity contribution in [3.8, 4) is 0 Å². The predicted octanol–water partition coefficient (Wildman–Crippen LogP) is 1.40. The number of nitrogens with two attached hydrogens (primary N) is 1. The molecule has 92 valence electrons. The number of nitro benzene ring substituents is 1. The van der Waals surface area contributed by atoms with Crippen LogP contribution in [-0.2, 0) is 4.74 Å². The summed E-state index contributed by atoms with van der Waals surface area (Å²) in [5.74, 6) is 0. The smallest absolute Gasteiger partial charge is 0.292 e. The summed E-state index contributed by atoms with van der Waals surface area (Å²) in [6.45, 7) is 1.68. The van der Waals surface area contributed by atoms with E-state index in [-0.39, 0.29) is 17.5 Å².